The highest BCUT2D eigenvalue weighted by Crippen LogP contribution is 2.24. The van der Waals surface area contributed by atoms with Crippen LogP contribution in [0.3, 0.4) is 0 Å². The van der Waals surface area contributed by atoms with Crippen LogP contribution in [0.1, 0.15) is 25.7 Å². The second-order valence-electron chi connectivity index (χ2n) is 3.62. The monoisotopic (exact) mass is 211 g/mol. The van der Waals surface area contributed by atoms with Gasteiger partial charge in [0.05, 0.1) is 6.20 Å². The molecular formula is C10H14FN3O. The summed E-state index contributed by atoms with van der Waals surface area (Å²) in [5.41, 5.74) is 0. The molecule has 0 saturated heterocycles. The van der Waals surface area contributed by atoms with E-state index < -0.39 is 5.82 Å². The molecule has 1 aliphatic rings. The highest BCUT2D eigenvalue weighted by atomic mass is 19.1. The van der Waals surface area contributed by atoms with Gasteiger partial charge in [0.25, 0.3) is 5.88 Å². The van der Waals surface area contributed by atoms with Crippen molar-refractivity contribution in [3.05, 3.63) is 12.0 Å². The molecule has 1 aromatic rings. The van der Waals surface area contributed by atoms with Crippen LogP contribution >= 0.6 is 0 Å². The van der Waals surface area contributed by atoms with Crippen LogP contribution in [0.5, 0.6) is 5.88 Å². The molecule has 1 N–H and O–H groups in total. The van der Waals surface area contributed by atoms with Crippen molar-refractivity contribution >= 4 is 5.95 Å². The molecule has 82 valence electrons. The van der Waals surface area contributed by atoms with Gasteiger partial charge in [0.1, 0.15) is 6.10 Å². The third-order valence-corrected chi connectivity index (χ3v) is 2.52. The van der Waals surface area contributed by atoms with Gasteiger partial charge in [0.2, 0.25) is 11.8 Å². The third kappa shape index (κ3) is 2.34. The third-order valence-electron chi connectivity index (χ3n) is 2.52. The van der Waals surface area contributed by atoms with E-state index in [-0.39, 0.29) is 12.0 Å². The molecule has 0 radical (unpaired) electrons. The summed E-state index contributed by atoms with van der Waals surface area (Å²) in [4.78, 5) is 7.69. The summed E-state index contributed by atoms with van der Waals surface area (Å²) in [6, 6.07) is 0. The predicted molar refractivity (Wildman–Crippen MR) is 54.4 cm³/mol. The van der Waals surface area contributed by atoms with Crippen LogP contribution < -0.4 is 10.1 Å². The first kappa shape index (κ1) is 10.1. The van der Waals surface area contributed by atoms with Crippen molar-refractivity contribution in [1.29, 1.82) is 0 Å². The van der Waals surface area contributed by atoms with Crippen molar-refractivity contribution in [2.75, 3.05) is 12.4 Å². The summed E-state index contributed by atoms with van der Waals surface area (Å²) in [5, 5.41) is 2.75. The minimum absolute atomic E-state index is 0.0567. The fourth-order valence-electron chi connectivity index (χ4n) is 1.72. The number of hydrogen-bond acceptors (Lipinski definition) is 4. The van der Waals surface area contributed by atoms with Crippen molar-refractivity contribution in [2.45, 2.75) is 31.8 Å². The number of nitrogens with one attached hydrogen (secondary N) is 1. The van der Waals surface area contributed by atoms with Gasteiger partial charge < -0.3 is 10.1 Å². The molecule has 1 aromatic heterocycles. The second kappa shape index (κ2) is 4.42. The van der Waals surface area contributed by atoms with Gasteiger partial charge in [0.15, 0.2) is 0 Å². The van der Waals surface area contributed by atoms with Crippen LogP contribution in [-0.4, -0.2) is 23.1 Å². The lowest BCUT2D eigenvalue weighted by molar-refractivity contribution is 0.191. The smallest absolute Gasteiger partial charge is 0.255 e. The molecule has 0 amide bonds. The molecule has 5 heteroatoms. The van der Waals surface area contributed by atoms with E-state index in [1.807, 2.05) is 0 Å². The fraction of sp³-hybridized carbons (Fsp3) is 0.600. The van der Waals surface area contributed by atoms with E-state index in [4.69, 9.17) is 4.74 Å². The first-order valence-electron chi connectivity index (χ1n) is 5.16. The van der Waals surface area contributed by atoms with E-state index in [0.29, 0.717) is 5.95 Å². The zero-order chi connectivity index (χ0) is 10.7. The molecule has 0 aromatic carbocycles. The van der Waals surface area contributed by atoms with E-state index in [2.05, 4.69) is 15.3 Å². The molecule has 0 spiro atoms. The van der Waals surface area contributed by atoms with Gasteiger partial charge in [-0.3, -0.25) is 0 Å². The summed E-state index contributed by atoms with van der Waals surface area (Å²) >= 11 is 0. The number of ether oxygens (including phenoxy) is 1. The quantitative estimate of drug-likeness (QED) is 0.830. The fourth-order valence-corrected chi connectivity index (χ4v) is 1.72. The lowest BCUT2D eigenvalue weighted by Crippen LogP contribution is -2.13. The summed E-state index contributed by atoms with van der Waals surface area (Å²) in [7, 11) is 1.69. The average Bonchev–Trinajstić information content (AvgIpc) is 2.74. The van der Waals surface area contributed by atoms with Crippen LogP contribution in [0.15, 0.2) is 6.20 Å². The Balaban J connectivity index is 2.11. The molecule has 15 heavy (non-hydrogen) atoms. The molecule has 0 bridgehead atoms. The molecular weight excluding hydrogens is 197 g/mol. The van der Waals surface area contributed by atoms with Crippen LogP contribution in [-0.2, 0) is 0 Å². The van der Waals surface area contributed by atoms with Crippen molar-refractivity contribution in [1.82, 2.24) is 9.97 Å². The van der Waals surface area contributed by atoms with Crippen LogP contribution in [0.25, 0.3) is 0 Å². The summed E-state index contributed by atoms with van der Waals surface area (Å²) in [5.74, 6) is -0.0634. The maximum atomic E-state index is 13.3. The topological polar surface area (TPSA) is 47.0 Å². The van der Waals surface area contributed by atoms with Gasteiger partial charge in [-0.05, 0) is 25.7 Å². The molecule has 0 unspecified atom stereocenters. The first-order valence-corrected chi connectivity index (χ1v) is 5.16. The molecule has 0 aliphatic heterocycles. The number of anilines is 1. The Kier molecular flexibility index (Phi) is 2.99. The Bertz CT molecular complexity index is 339. The van der Waals surface area contributed by atoms with E-state index in [1.54, 1.807) is 7.05 Å². The van der Waals surface area contributed by atoms with Crippen LogP contribution in [0.2, 0.25) is 0 Å². The molecule has 1 fully saturated rings. The van der Waals surface area contributed by atoms with E-state index in [0.717, 1.165) is 31.9 Å². The number of rotatable bonds is 3. The highest BCUT2D eigenvalue weighted by molar-refractivity contribution is 5.27. The van der Waals surface area contributed by atoms with Crippen molar-refractivity contribution < 1.29 is 9.13 Å². The lowest BCUT2D eigenvalue weighted by Gasteiger charge is -2.12. The number of aromatic nitrogens is 2. The summed E-state index contributed by atoms with van der Waals surface area (Å²) < 4.78 is 18.8. The molecule has 2 rings (SSSR count). The predicted octanol–water partition coefficient (Wildman–Crippen LogP) is 1.98. The standard InChI is InChI=1S/C10H14FN3O/c1-12-10-13-6-8(11)9(14-10)15-7-4-2-3-5-7/h6-7H,2-5H2,1H3,(H,12,13,14). The Labute approximate surface area is 87.9 Å². The normalized spacial score (nSPS) is 16.7. The maximum Gasteiger partial charge on any atom is 0.255 e. The van der Waals surface area contributed by atoms with Gasteiger partial charge in [0, 0.05) is 7.05 Å². The molecule has 4 nitrogen and oxygen atoms in total. The van der Waals surface area contributed by atoms with Gasteiger partial charge in [-0.1, -0.05) is 0 Å². The minimum atomic E-state index is -0.499. The number of halogens is 1. The van der Waals surface area contributed by atoms with E-state index >= 15 is 0 Å². The Morgan fingerprint density at radius 3 is 2.87 bits per heavy atom. The SMILES string of the molecule is CNc1ncc(F)c(OC2CCCC2)n1. The van der Waals surface area contributed by atoms with E-state index in [9.17, 15) is 4.39 Å². The molecule has 1 heterocycles. The van der Waals surface area contributed by atoms with Gasteiger partial charge in [-0.15, -0.1) is 0 Å². The van der Waals surface area contributed by atoms with Crippen LogP contribution in [0.4, 0.5) is 10.3 Å². The molecule has 1 aliphatic carbocycles. The maximum absolute atomic E-state index is 13.3. The van der Waals surface area contributed by atoms with Crippen molar-refractivity contribution in [3.63, 3.8) is 0 Å². The van der Waals surface area contributed by atoms with Gasteiger partial charge in [-0.25, -0.2) is 4.98 Å². The molecule has 1 saturated carbocycles. The zero-order valence-electron chi connectivity index (χ0n) is 8.66. The van der Waals surface area contributed by atoms with Crippen molar-refractivity contribution in [3.8, 4) is 5.88 Å². The minimum Gasteiger partial charge on any atom is -0.472 e. The number of hydrogen-bond donors (Lipinski definition) is 1. The summed E-state index contributed by atoms with van der Waals surface area (Å²) in [6.07, 6.45) is 5.51. The zero-order valence-corrected chi connectivity index (χ0v) is 8.66. The Morgan fingerprint density at radius 2 is 2.20 bits per heavy atom. The second-order valence-corrected chi connectivity index (χ2v) is 3.62. The number of nitrogens with zero attached hydrogens (tertiary/aromatic N) is 2. The van der Waals surface area contributed by atoms with Crippen molar-refractivity contribution in [2.24, 2.45) is 0 Å². The highest BCUT2D eigenvalue weighted by Gasteiger charge is 2.19. The van der Waals surface area contributed by atoms with Crippen LogP contribution in [0, 0.1) is 5.82 Å². The largest absolute Gasteiger partial charge is 0.472 e. The Hall–Kier alpha value is -1.39. The van der Waals surface area contributed by atoms with Gasteiger partial charge in [-0.2, -0.15) is 9.37 Å². The first-order chi connectivity index (χ1) is 7.29. The van der Waals surface area contributed by atoms with Gasteiger partial charge >= 0.3 is 0 Å². The average molecular weight is 211 g/mol. The van der Waals surface area contributed by atoms with E-state index in [1.165, 1.54) is 0 Å². The summed E-state index contributed by atoms with van der Waals surface area (Å²) in [6.45, 7) is 0. The Morgan fingerprint density at radius 1 is 1.47 bits per heavy atom. The molecule has 0 atom stereocenters. The lowest BCUT2D eigenvalue weighted by atomic mass is 10.3.